The van der Waals surface area contributed by atoms with E-state index in [0.717, 1.165) is 37.3 Å². The van der Waals surface area contributed by atoms with E-state index in [2.05, 4.69) is 20.0 Å². The third-order valence-electron chi connectivity index (χ3n) is 4.62. The Bertz CT molecular complexity index is 799. The van der Waals surface area contributed by atoms with Crippen LogP contribution in [0, 0.1) is 5.82 Å². The molecule has 0 unspecified atom stereocenters. The second-order valence-corrected chi connectivity index (χ2v) is 6.39. The highest BCUT2D eigenvalue weighted by Crippen LogP contribution is 2.23. The number of likely N-dealkylation sites (tertiary alicyclic amines) is 1. The van der Waals surface area contributed by atoms with Crippen molar-refractivity contribution in [3.63, 3.8) is 0 Å². The first kappa shape index (κ1) is 16.0. The molecule has 3 heterocycles. The van der Waals surface area contributed by atoms with Gasteiger partial charge < -0.3 is 4.42 Å². The zero-order chi connectivity index (χ0) is 17.1. The summed E-state index contributed by atoms with van der Waals surface area (Å²) in [4.78, 5) is 11.0. The van der Waals surface area contributed by atoms with Gasteiger partial charge in [-0.2, -0.15) is 5.10 Å². The fourth-order valence-electron chi connectivity index (χ4n) is 3.33. The van der Waals surface area contributed by atoms with Crippen molar-refractivity contribution < 1.29 is 8.81 Å². The summed E-state index contributed by atoms with van der Waals surface area (Å²) < 4.78 is 20.5. The van der Waals surface area contributed by atoms with Crippen molar-refractivity contribution in [3.8, 4) is 11.5 Å². The number of rotatable bonds is 5. The molecule has 1 aromatic carbocycles. The van der Waals surface area contributed by atoms with Gasteiger partial charge in [0.15, 0.2) is 0 Å². The number of halogens is 1. The van der Waals surface area contributed by atoms with E-state index in [9.17, 15) is 4.39 Å². The molecule has 1 atom stereocenters. The molecule has 0 amide bonds. The van der Waals surface area contributed by atoms with Crippen LogP contribution in [0.3, 0.4) is 0 Å². The second kappa shape index (κ2) is 7.14. The Hall–Kier alpha value is -2.54. The van der Waals surface area contributed by atoms with Crippen LogP contribution in [0.15, 0.2) is 47.6 Å². The van der Waals surface area contributed by atoms with Gasteiger partial charge in [0.2, 0.25) is 5.89 Å². The zero-order valence-electron chi connectivity index (χ0n) is 13.9. The zero-order valence-corrected chi connectivity index (χ0v) is 13.9. The third kappa shape index (κ3) is 3.76. The molecule has 0 spiro atoms. The van der Waals surface area contributed by atoms with E-state index >= 15 is 0 Å². The maximum absolute atomic E-state index is 13.0. The topological polar surface area (TPSA) is 60.0 Å². The molecule has 7 heteroatoms. The molecule has 1 aliphatic heterocycles. The molecule has 0 N–H and O–H groups in total. The first-order valence-corrected chi connectivity index (χ1v) is 8.55. The predicted octanol–water partition coefficient (Wildman–Crippen LogP) is 3.13. The van der Waals surface area contributed by atoms with Crippen LogP contribution in [0.1, 0.15) is 25.0 Å². The average Bonchev–Trinajstić information content (AvgIpc) is 3.29. The number of nitrogens with zero attached hydrogens (tertiary/aromatic N) is 5. The fraction of sp³-hybridized carbons (Fsp3) is 0.389. The molecule has 2 aromatic heterocycles. The van der Waals surface area contributed by atoms with Gasteiger partial charge in [0.05, 0.1) is 12.2 Å². The van der Waals surface area contributed by atoms with Crippen LogP contribution in [-0.2, 0) is 13.1 Å². The van der Waals surface area contributed by atoms with Crippen molar-refractivity contribution >= 4 is 0 Å². The standard InChI is InChI=1S/C18H20FN5O/c19-15-6-4-14(5-7-15)18-22-16(11-25-18)9-23-8-2-1-3-17(23)10-24-13-20-12-21-24/h4-7,11-13,17H,1-3,8-10H2/t17-/m0/s1. The number of benzene rings is 1. The Morgan fingerprint density at radius 2 is 2.08 bits per heavy atom. The Morgan fingerprint density at radius 3 is 2.88 bits per heavy atom. The lowest BCUT2D eigenvalue weighted by Crippen LogP contribution is -2.41. The largest absolute Gasteiger partial charge is 0.444 e. The molecular formula is C18H20FN5O. The summed E-state index contributed by atoms with van der Waals surface area (Å²) in [6.45, 7) is 2.62. The highest BCUT2D eigenvalue weighted by molar-refractivity contribution is 5.52. The predicted molar refractivity (Wildman–Crippen MR) is 90.0 cm³/mol. The van der Waals surface area contributed by atoms with Crippen LogP contribution >= 0.6 is 0 Å². The summed E-state index contributed by atoms with van der Waals surface area (Å²) in [6, 6.07) is 6.61. The molecule has 0 aliphatic carbocycles. The van der Waals surface area contributed by atoms with Gasteiger partial charge in [0.1, 0.15) is 24.7 Å². The monoisotopic (exact) mass is 341 g/mol. The van der Waals surface area contributed by atoms with E-state index in [4.69, 9.17) is 4.42 Å². The van der Waals surface area contributed by atoms with Crippen molar-refractivity contribution in [2.24, 2.45) is 0 Å². The molecule has 4 rings (SSSR count). The SMILES string of the molecule is Fc1ccc(-c2nc(CN3CCCC[C@H]3Cn3cncn3)co2)cc1. The molecule has 6 nitrogen and oxygen atoms in total. The number of hydrogen-bond acceptors (Lipinski definition) is 5. The van der Waals surface area contributed by atoms with Gasteiger partial charge in [0.25, 0.3) is 0 Å². The maximum atomic E-state index is 13.0. The Morgan fingerprint density at radius 1 is 1.20 bits per heavy atom. The fourth-order valence-corrected chi connectivity index (χ4v) is 3.33. The molecule has 1 fully saturated rings. The van der Waals surface area contributed by atoms with Crippen molar-refractivity contribution in [2.75, 3.05) is 6.54 Å². The normalized spacial score (nSPS) is 18.5. The molecule has 0 radical (unpaired) electrons. The summed E-state index contributed by atoms with van der Waals surface area (Å²) >= 11 is 0. The average molecular weight is 341 g/mol. The Kier molecular flexibility index (Phi) is 4.56. The third-order valence-corrected chi connectivity index (χ3v) is 4.62. The Labute approximate surface area is 145 Å². The van der Waals surface area contributed by atoms with E-state index in [1.807, 2.05) is 4.68 Å². The van der Waals surface area contributed by atoms with Gasteiger partial charge in [-0.3, -0.25) is 9.58 Å². The minimum Gasteiger partial charge on any atom is -0.444 e. The van der Waals surface area contributed by atoms with Gasteiger partial charge in [-0.1, -0.05) is 6.42 Å². The minimum absolute atomic E-state index is 0.264. The summed E-state index contributed by atoms with van der Waals surface area (Å²) in [5.41, 5.74) is 1.68. The number of aromatic nitrogens is 4. The van der Waals surface area contributed by atoms with Crippen LogP contribution in [0.4, 0.5) is 4.39 Å². The Balaban J connectivity index is 1.45. The first-order valence-electron chi connectivity index (χ1n) is 8.55. The molecule has 1 saturated heterocycles. The van der Waals surface area contributed by atoms with E-state index < -0.39 is 0 Å². The van der Waals surface area contributed by atoms with Gasteiger partial charge in [0, 0.05) is 18.2 Å². The minimum atomic E-state index is -0.264. The summed E-state index contributed by atoms with van der Waals surface area (Å²) in [7, 11) is 0. The second-order valence-electron chi connectivity index (χ2n) is 6.39. The van der Waals surface area contributed by atoms with E-state index in [1.165, 1.54) is 25.0 Å². The van der Waals surface area contributed by atoms with Crippen molar-refractivity contribution in [1.82, 2.24) is 24.6 Å². The molecule has 130 valence electrons. The van der Waals surface area contributed by atoms with Crippen molar-refractivity contribution in [3.05, 3.63) is 54.7 Å². The number of oxazole rings is 1. The highest BCUT2D eigenvalue weighted by Gasteiger charge is 2.24. The summed E-state index contributed by atoms with van der Waals surface area (Å²) in [5, 5.41) is 4.22. The highest BCUT2D eigenvalue weighted by atomic mass is 19.1. The van der Waals surface area contributed by atoms with E-state index in [1.54, 1.807) is 31.1 Å². The molecular weight excluding hydrogens is 321 g/mol. The lowest BCUT2D eigenvalue weighted by atomic mass is 10.0. The van der Waals surface area contributed by atoms with Crippen molar-refractivity contribution in [1.29, 1.82) is 0 Å². The van der Waals surface area contributed by atoms with Crippen molar-refractivity contribution in [2.45, 2.75) is 38.4 Å². The molecule has 0 bridgehead atoms. The van der Waals surface area contributed by atoms with Gasteiger partial charge in [-0.15, -0.1) is 0 Å². The lowest BCUT2D eigenvalue weighted by Gasteiger charge is -2.34. The summed E-state index contributed by atoms with van der Waals surface area (Å²) in [6.07, 6.45) is 8.59. The molecule has 25 heavy (non-hydrogen) atoms. The molecule has 3 aromatic rings. The van der Waals surface area contributed by atoms with Gasteiger partial charge in [-0.05, 0) is 43.7 Å². The molecule has 0 saturated carbocycles. The van der Waals surface area contributed by atoms with Gasteiger partial charge in [-0.25, -0.2) is 14.4 Å². The number of piperidine rings is 1. The van der Waals surface area contributed by atoms with E-state index in [0.29, 0.717) is 11.9 Å². The van der Waals surface area contributed by atoms with Crippen LogP contribution in [0.5, 0.6) is 0 Å². The smallest absolute Gasteiger partial charge is 0.226 e. The maximum Gasteiger partial charge on any atom is 0.226 e. The van der Waals surface area contributed by atoms with Crippen LogP contribution in [-0.4, -0.2) is 37.2 Å². The van der Waals surface area contributed by atoms with Gasteiger partial charge >= 0.3 is 0 Å². The van der Waals surface area contributed by atoms with Crippen LogP contribution in [0.2, 0.25) is 0 Å². The van der Waals surface area contributed by atoms with Crippen LogP contribution in [0.25, 0.3) is 11.5 Å². The van der Waals surface area contributed by atoms with E-state index in [-0.39, 0.29) is 5.82 Å². The number of hydrogen-bond donors (Lipinski definition) is 0. The molecule has 1 aliphatic rings. The summed E-state index contributed by atoms with van der Waals surface area (Å²) in [5.74, 6) is 0.264. The van der Waals surface area contributed by atoms with Crippen LogP contribution < -0.4 is 0 Å². The lowest BCUT2D eigenvalue weighted by molar-refractivity contribution is 0.120. The first-order chi connectivity index (χ1) is 12.3. The quantitative estimate of drug-likeness (QED) is 0.713.